The van der Waals surface area contributed by atoms with Gasteiger partial charge in [0.25, 0.3) is 11.5 Å². The first-order chi connectivity index (χ1) is 21.8. The molecule has 0 saturated carbocycles. The summed E-state index contributed by atoms with van der Waals surface area (Å²) in [5.74, 6) is -0.660. The molecule has 2 aromatic carbocycles. The van der Waals surface area contributed by atoms with Crippen LogP contribution in [-0.4, -0.2) is 53.7 Å². The summed E-state index contributed by atoms with van der Waals surface area (Å²) in [7, 11) is 1.28. The Balaban J connectivity index is 1.48. The first kappa shape index (κ1) is 33.7. The Bertz CT molecular complexity index is 1570. The molecular formula is C33H38N4O9. The molecule has 1 aliphatic heterocycles. The number of benzene rings is 2. The number of methoxy groups -OCH3 is 1. The number of nitro groups is 1. The highest BCUT2D eigenvalue weighted by molar-refractivity contribution is 5.86. The standard InChI is InChI=1S/C33H38N4O9/c1-33(2,3)46-32(40)35(29-8-5-6-16-36(29)41)15-7-17-45-28-14-11-24-18-25(20-30(38)44-4)31(39)34(22-26(24)19-28)21-23-9-12-27(13-10-23)37(42)43/h5-6,8-14,16,19,25H,7,15,17-18,20-22H2,1-4H3. The molecule has 0 spiro atoms. The van der Waals surface area contributed by atoms with Gasteiger partial charge < -0.3 is 24.3 Å². The number of hydrogen-bond acceptors (Lipinski definition) is 9. The largest absolute Gasteiger partial charge is 0.711 e. The van der Waals surface area contributed by atoms with Gasteiger partial charge in [0.1, 0.15) is 17.9 Å². The van der Waals surface area contributed by atoms with Crippen molar-refractivity contribution in [2.24, 2.45) is 5.92 Å². The Kier molecular flexibility index (Phi) is 10.8. The van der Waals surface area contributed by atoms with Crippen LogP contribution in [0.25, 0.3) is 0 Å². The van der Waals surface area contributed by atoms with Crippen LogP contribution in [0.2, 0.25) is 0 Å². The zero-order valence-corrected chi connectivity index (χ0v) is 26.3. The fraction of sp³-hybridized carbons (Fsp3) is 0.394. The average Bonchev–Trinajstić information content (AvgIpc) is 3.12. The van der Waals surface area contributed by atoms with Gasteiger partial charge in [-0.25, -0.2) is 4.73 Å². The van der Waals surface area contributed by atoms with Gasteiger partial charge in [0.2, 0.25) is 5.91 Å². The molecule has 0 aliphatic carbocycles. The van der Waals surface area contributed by atoms with Crippen LogP contribution in [0.1, 0.15) is 50.3 Å². The number of non-ortho nitro benzene ring substituents is 1. The highest BCUT2D eigenvalue weighted by Gasteiger charge is 2.33. The number of ether oxygens (including phenoxy) is 3. The van der Waals surface area contributed by atoms with Gasteiger partial charge in [0, 0.05) is 37.7 Å². The Hall–Kier alpha value is -5.20. The third-order valence-electron chi connectivity index (χ3n) is 7.32. The molecule has 0 N–H and O–H groups in total. The summed E-state index contributed by atoms with van der Waals surface area (Å²) in [6.45, 7) is 6.07. The number of amides is 2. The predicted molar refractivity (Wildman–Crippen MR) is 167 cm³/mol. The van der Waals surface area contributed by atoms with Crippen LogP contribution in [0.15, 0.2) is 66.9 Å². The van der Waals surface area contributed by atoms with Gasteiger partial charge in [-0.3, -0.25) is 19.7 Å². The number of rotatable bonds is 11. The summed E-state index contributed by atoms with van der Waals surface area (Å²) in [5.41, 5.74) is 1.64. The second kappa shape index (κ2) is 14.7. The third kappa shape index (κ3) is 8.93. The minimum Gasteiger partial charge on any atom is -0.711 e. The lowest BCUT2D eigenvalue weighted by Gasteiger charge is -2.24. The van der Waals surface area contributed by atoms with Crippen molar-refractivity contribution >= 4 is 29.5 Å². The van der Waals surface area contributed by atoms with Crippen LogP contribution in [-0.2, 0) is 38.6 Å². The molecule has 0 fully saturated rings. The minimum atomic E-state index is -0.750. The lowest BCUT2D eigenvalue weighted by molar-refractivity contribution is -0.591. The van der Waals surface area contributed by atoms with Gasteiger partial charge in [-0.05, 0) is 62.1 Å². The maximum Gasteiger partial charge on any atom is 0.507 e. The molecule has 46 heavy (non-hydrogen) atoms. The number of esters is 1. The van der Waals surface area contributed by atoms with Crippen molar-refractivity contribution in [1.82, 2.24) is 4.90 Å². The van der Waals surface area contributed by atoms with E-state index in [2.05, 4.69) is 0 Å². The Labute approximate surface area is 267 Å². The van der Waals surface area contributed by atoms with Crippen molar-refractivity contribution in [3.05, 3.63) is 98.9 Å². The number of carbonyl (C=O) groups excluding carboxylic acids is 3. The molecule has 1 atom stereocenters. The Morgan fingerprint density at radius 3 is 2.48 bits per heavy atom. The number of fused-ring (bicyclic) bond motifs is 1. The molecule has 13 nitrogen and oxygen atoms in total. The van der Waals surface area contributed by atoms with Gasteiger partial charge >= 0.3 is 12.1 Å². The number of carbonyl (C=O) groups is 3. The molecule has 2 amide bonds. The van der Waals surface area contributed by atoms with Crippen LogP contribution < -0.4 is 14.4 Å². The van der Waals surface area contributed by atoms with E-state index in [1.54, 1.807) is 62.1 Å². The zero-order valence-electron chi connectivity index (χ0n) is 26.3. The van der Waals surface area contributed by atoms with E-state index in [0.29, 0.717) is 28.9 Å². The highest BCUT2D eigenvalue weighted by atomic mass is 16.6. The van der Waals surface area contributed by atoms with Crippen LogP contribution in [0, 0.1) is 21.2 Å². The fourth-order valence-corrected chi connectivity index (χ4v) is 5.11. The van der Waals surface area contributed by atoms with Crippen molar-refractivity contribution in [2.45, 2.75) is 58.7 Å². The quantitative estimate of drug-likeness (QED) is 0.0728. The number of nitrogens with zero attached hydrogens (tertiary/aromatic N) is 4. The van der Waals surface area contributed by atoms with E-state index in [1.807, 2.05) is 12.1 Å². The van der Waals surface area contributed by atoms with Crippen molar-refractivity contribution in [1.29, 1.82) is 0 Å². The van der Waals surface area contributed by atoms with Crippen LogP contribution in [0.4, 0.5) is 16.3 Å². The number of nitro benzene ring substituents is 1. The number of hydrogen-bond donors (Lipinski definition) is 0. The lowest BCUT2D eigenvalue weighted by atomic mass is 9.94. The fourth-order valence-electron chi connectivity index (χ4n) is 5.11. The molecule has 0 saturated heterocycles. The van der Waals surface area contributed by atoms with E-state index in [9.17, 15) is 29.7 Å². The summed E-state index contributed by atoms with van der Waals surface area (Å²) in [6, 6.07) is 16.3. The highest BCUT2D eigenvalue weighted by Crippen LogP contribution is 2.30. The summed E-state index contributed by atoms with van der Waals surface area (Å²) in [4.78, 5) is 52.2. The molecule has 13 heteroatoms. The van der Waals surface area contributed by atoms with E-state index in [1.165, 1.54) is 30.3 Å². The monoisotopic (exact) mass is 634 g/mol. The summed E-state index contributed by atoms with van der Waals surface area (Å²) < 4.78 is 17.0. The van der Waals surface area contributed by atoms with E-state index in [4.69, 9.17) is 14.2 Å². The third-order valence-corrected chi connectivity index (χ3v) is 7.32. The minimum absolute atomic E-state index is 0.0492. The molecule has 244 valence electrons. The van der Waals surface area contributed by atoms with Gasteiger partial charge in [-0.2, -0.15) is 9.69 Å². The van der Waals surface area contributed by atoms with Crippen molar-refractivity contribution in [3.63, 3.8) is 0 Å². The summed E-state index contributed by atoms with van der Waals surface area (Å²) in [6.07, 6.45) is 1.30. The lowest BCUT2D eigenvalue weighted by Crippen LogP contribution is -2.44. The van der Waals surface area contributed by atoms with Crippen LogP contribution >= 0.6 is 0 Å². The number of aromatic nitrogens is 1. The Morgan fingerprint density at radius 2 is 1.83 bits per heavy atom. The van der Waals surface area contributed by atoms with E-state index >= 15 is 0 Å². The molecule has 1 aromatic heterocycles. The van der Waals surface area contributed by atoms with E-state index in [-0.39, 0.29) is 50.1 Å². The second-order valence-corrected chi connectivity index (χ2v) is 11.9. The molecule has 0 bridgehead atoms. The molecule has 3 aromatic rings. The molecule has 0 radical (unpaired) electrons. The van der Waals surface area contributed by atoms with E-state index < -0.39 is 28.5 Å². The van der Waals surface area contributed by atoms with Crippen molar-refractivity contribution in [2.75, 3.05) is 25.2 Å². The maximum absolute atomic E-state index is 13.6. The first-order valence-electron chi connectivity index (χ1n) is 14.9. The van der Waals surface area contributed by atoms with Crippen molar-refractivity contribution < 1.29 is 38.2 Å². The molecule has 1 aliphatic rings. The van der Waals surface area contributed by atoms with Gasteiger partial charge in [-0.1, -0.05) is 24.3 Å². The summed E-state index contributed by atoms with van der Waals surface area (Å²) >= 11 is 0. The van der Waals surface area contributed by atoms with Gasteiger partial charge in [-0.15, -0.1) is 0 Å². The molecule has 4 rings (SSSR count). The average molecular weight is 635 g/mol. The molecule has 1 unspecified atom stereocenters. The topological polar surface area (TPSA) is 155 Å². The normalized spacial score (nSPS) is 14.6. The van der Waals surface area contributed by atoms with Gasteiger partial charge in [0.15, 0.2) is 0 Å². The van der Waals surface area contributed by atoms with Crippen LogP contribution in [0.5, 0.6) is 5.75 Å². The molecular weight excluding hydrogens is 596 g/mol. The van der Waals surface area contributed by atoms with Gasteiger partial charge in [0.05, 0.1) is 37.2 Å². The maximum atomic E-state index is 13.6. The van der Waals surface area contributed by atoms with E-state index in [0.717, 1.165) is 11.1 Å². The molecule has 2 heterocycles. The second-order valence-electron chi connectivity index (χ2n) is 11.9. The zero-order chi connectivity index (χ0) is 33.4. The van der Waals surface area contributed by atoms with Crippen molar-refractivity contribution in [3.8, 4) is 5.75 Å². The summed E-state index contributed by atoms with van der Waals surface area (Å²) in [5, 5.41) is 23.5. The Morgan fingerprint density at radius 1 is 1.09 bits per heavy atom. The first-order valence-corrected chi connectivity index (χ1v) is 14.9. The predicted octanol–water partition coefficient (Wildman–Crippen LogP) is 4.70. The number of anilines is 1. The smallest absolute Gasteiger partial charge is 0.507 e. The van der Waals surface area contributed by atoms with Crippen LogP contribution in [0.3, 0.4) is 0 Å². The SMILES string of the molecule is COC(=O)CC1Cc2ccc(OCCCN(C(=O)OC(C)(C)C)c3cccc[n+]3[O-])cc2CN(Cc2ccc([N+](=O)[O-])cc2)C1=O. The number of pyridine rings is 1.